The fraction of sp³-hybridized carbons (Fsp3) is 0.0833. The van der Waals surface area contributed by atoms with Crippen molar-refractivity contribution in [3.05, 3.63) is 47.0 Å². The van der Waals surface area contributed by atoms with Crippen LogP contribution in [0.25, 0.3) is 11.1 Å². The van der Waals surface area contributed by atoms with Crippen LogP contribution in [0.2, 0.25) is 5.02 Å². The van der Waals surface area contributed by atoms with Crippen LogP contribution in [0.1, 0.15) is 10.5 Å². The van der Waals surface area contributed by atoms with E-state index >= 15 is 0 Å². The molecule has 0 amide bonds. The van der Waals surface area contributed by atoms with Gasteiger partial charge in [0.2, 0.25) is 0 Å². The topological polar surface area (TPSA) is 42.1 Å². The van der Waals surface area contributed by atoms with Crippen molar-refractivity contribution in [2.75, 3.05) is 7.11 Å². The largest absolute Gasteiger partial charge is 0.464 e. The van der Waals surface area contributed by atoms with Gasteiger partial charge in [-0.05, 0) is 23.8 Å². The van der Waals surface area contributed by atoms with Crippen LogP contribution in [0.3, 0.4) is 0 Å². The van der Waals surface area contributed by atoms with E-state index in [0.717, 1.165) is 0 Å². The fourth-order valence-corrected chi connectivity index (χ4v) is 1.58. The van der Waals surface area contributed by atoms with Gasteiger partial charge in [-0.15, -0.1) is 0 Å². The quantitative estimate of drug-likeness (QED) is 0.835. The molecule has 0 saturated carbocycles. The number of nitrogens with one attached hydrogen (secondary N) is 1. The van der Waals surface area contributed by atoms with E-state index in [9.17, 15) is 9.18 Å². The Kier molecular flexibility index (Phi) is 3.15. The highest BCUT2D eigenvalue weighted by atomic mass is 35.5. The molecule has 3 nitrogen and oxygen atoms in total. The summed E-state index contributed by atoms with van der Waals surface area (Å²) >= 11 is 5.59. The second-order valence-electron chi connectivity index (χ2n) is 3.42. The number of ether oxygens (including phenoxy) is 1. The normalized spacial score (nSPS) is 10.3. The summed E-state index contributed by atoms with van der Waals surface area (Å²) in [7, 11) is 1.30. The number of rotatable bonds is 2. The van der Waals surface area contributed by atoms with E-state index in [1.807, 2.05) is 0 Å². The van der Waals surface area contributed by atoms with E-state index in [1.54, 1.807) is 18.3 Å². The molecule has 0 unspecified atom stereocenters. The molecule has 0 saturated heterocycles. The van der Waals surface area contributed by atoms with Crippen LogP contribution in [0.5, 0.6) is 0 Å². The molecule has 0 aliphatic rings. The number of carbonyl (C=O) groups is 1. The standard InChI is InChI=1S/C12H9ClFNO2/c1-17-12(16)11-5-8(6-15-11)7-2-3-9(13)10(14)4-7/h2-6,15H,1H3. The molecule has 0 aliphatic heterocycles. The lowest BCUT2D eigenvalue weighted by molar-refractivity contribution is 0.0595. The van der Waals surface area contributed by atoms with Gasteiger partial charge in [-0.25, -0.2) is 9.18 Å². The SMILES string of the molecule is COC(=O)c1cc(-c2ccc(Cl)c(F)c2)c[nH]1. The van der Waals surface area contributed by atoms with Crippen molar-refractivity contribution >= 4 is 17.6 Å². The molecule has 88 valence electrons. The average Bonchev–Trinajstić information content (AvgIpc) is 2.81. The molecule has 1 aromatic carbocycles. The smallest absolute Gasteiger partial charge is 0.354 e. The maximum Gasteiger partial charge on any atom is 0.354 e. The molecule has 2 rings (SSSR count). The van der Waals surface area contributed by atoms with Gasteiger partial charge in [0.05, 0.1) is 12.1 Å². The van der Waals surface area contributed by atoms with E-state index in [0.29, 0.717) is 16.8 Å². The Labute approximate surface area is 102 Å². The summed E-state index contributed by atoms with van der Waals surface area (Å²) < 4.78 is 17.8. The van der Waals surface area contributed by atoms with Crippen molar-refractivity contribution < 1.29 is 13.9 Å². The summed E-state index contributed by atoms with van der Waals surface area (Å²) in [6.45, 7) is 0. The molecule has 5 heteroatoms. The molecular formula is C12H9ClFNO2. The number of hydrogen-bond acceptors (Lipinski definition) is 2. The first kappa shape index (κ1) is 11.7. The van der Waals surface area contributed by atoms with E-state index in [1.165, 1.54) is 19.2 Å². The first-order chi connectivity index (χ1) is 8.11. The number of hydrogen-bond donors (Lipinski definition) is 1. The molecule has 0 aliphatic carbocycles. The predicted molar refractivity (Wildman–Crippen MR) is 62.5 cm³/mol. The summed E-state index contributed by atoms with van der Waals surface area (Å²) in [4.78, 5) is 14.0. The van der Waals surface area contributed by atoms with Gasteiger partial charge in [0.25, 0.3) is 0 Å². The minimum Gasteiger partial charge on any atom is -0.464 e. The van der Waals surface area contributed by atoms with Crippen LogP contribution in [0.15, 0.2) is 30.5 Å². The Morgan fingerprint density at radius 1 is 1.35 bits per heavy atom. The Morgan fingerprint density at radius 3 is 2.76 bits per heavy atom. The monoisotopic (exact) mass is 253 g/mol. The Morgan fingerprint density at radius 2 is 2.12 bits per heavy atom. The minimum atomic E-state index is -0.495. The van der Waals surface area contributed by atoms with Crippen molar-refractivity contribution in [3.8, 4) is 11.1 Å². The summed E-state index contributed by atoms with van der Waals surface area (Å²) in [6, 6.07) is 6.05. The van der Waals surface area contributed by atoms with Gasteiger partial charge in [0, 0.05) is 11.8 Å². The third-order valence-corrected chi connectivity index (χ3v) is 2.65. The number of halogens is 2. The number of carbonyl (C=O) groups excluding carboxylic acids is 1. The zero-order valence-electron chi connectivity index (χ0n) is 8.96. The van der Waals surface area contributed by atoms with Crippen molar-refractivity contribution in [2.45, 2.75) is 0 Å². The number of aromatic nitrogens is 1. The zero-order valence-corrected chi connectivity index (χ0v) is 9.72. The second-order valence-corrected chi connectivity index (χ2v) is 3.83. The van der Waals surface area contributed by atoms with Crippen molar-refractivity contribution in [3.63, 3.8) is 0 Å². The van der Waals surface area contributed by atoms with Crippen molar-refractivity contribution in [2.24, 2.45) is 0 Å². The third-order valence-electron chi connectivity index (χ3n) is 2.34. The molecule has 2 aromatic rings. The molecule has 0 radical (unpaired) electrons. The average molecular weight is 254 g/mol. The van der Waals surface area contributed by atoms with Crippen LogP contribution in [-0.4, -0.2) is 18.1 Å². The molecule has 0 atom stereocenters. The minimum absolute atomic E-state index is 0.0671. The molecule has 1 N–H and O–H groups in total. The van der Waals surface area contributed by atoms with Gasteiger partial charge >= 0.3 is 5.97 Å². The van der Waals surface area contributed by atoms with Crippen LogP contribution >= 0.6 is 11.6 Å². The summed E-state index contributed by atoms with van der Waals surface area (Å²) in [5.74, 6) is -0.962. The molecule has 17 heavy (non-hydrogen) atoms. The highest BCUT2D eigenvalue weighted by Gasteiger charge is 2.10. The number of methoxy groups -OCH3 is 1. The number of H-pyrrole nitrogens is 1. The summed E-state index contributed by atoms with van der Waals surface area (Å²) in [6.07, 6.45) is 1.61. The van der Waals surface area contributed by atoms with E-state index in [-0.39, 0.29) is 5.02 Å². The number of esters is 1. The van der Waals surface area contributed by atoms with E-state index < -0.39 is 11.8 Å². The lowest BCUT2D eigenvalue weighted by atomic mass is 10.1. The van der Waals surface area contributed by atoms with Crippen LogP contribution < -0.4 is 0 Å². The van der Waals surface area contributed by atoms with Crippen molar-refractivity contribution in [1.82, 2.24) is 4.98 Å². The number of benzene rings is 1. The van der Waals surface area contributed by atoms with Gasteiger partial charge in [0.1, 0.15) is 11.5 Å². The summed E-state index contributed by atoms with van der Waals surface area (Å²) in [5, 5.41) is 0.0671. The molecule has 0 fully saturated rings. The highest BCUT2D eigenvalue weighted by Crippen LogP contribution is 2.24. The van der Waals surface area contributed by atoms with Gasteiger partial charge in [0.15, 0.2) is 0 Å². The molecule has 0 bridgehead atoms. The van der Waals surface area contributed by atoms with E-state index in [4.69, 9.17) is 11.6 Å². The van der Waals surface area contributed by atoms with Gasteiger partial charge in [-0.1, -0.05) is 17.7 Å². The maximum absolute atomic E-state index is 13.3. The fourth-order valence-electron chi connectivity index (χ4n) is 1.46. The van der Waals surface area contributed by atoms with Gasteiger partial charge < -0.3 is 9.72 Å². The zero-order chi connectivity index (χ0) is 12.4. The Bertz CT molecular complexity index is 565. The van der Waals surface area contributed by atoms with E-state index in [2.05, 4.69) is 9.72 Å². The molecule has 1 aromatic heterocycles. The highest BCUT2D eigenvalue weighted by molar-refractivity contribution is 6.30. The van der Waals surface area contributed by atoms with Crippen LogP contribution in [0.4, 0.5) is 4.39 Å². The van der Waals surface area contributed by atoms with Crippen molar-refractivity contribution in [1.29, 1.82) is 0 Å². The molecular weight excluding hydrogens is 245 g/mol. The predicted octanol–water partition coefficient (Wildman–Crippen LogP) is 3.26. The first-order valence-electron chi connectivity index (χ1n) is 4.84. The van der Waals surface area contributed by atoms with Crippen LogP contribution in [-0.2, 0) is 4.74 Å². The summed E-state index contributed by atoms with van der Waals surface area (Å²) in [5.41, 5.74) is 1.65. The lowest BCUT2D eigenvalue weighted by Crippen LogP contribution is -2.00. The van der Waals surface area contributed by atoms with Gasteiger partial charge in [-0.2, -0.15) is 0 Å². The Balaban J connectivity index is 2.37. The first-order valence-corrected chi connectivity index (χ1v) is 5.22. The second kappa shape index (κ2) is 4.59. The van der Waals surface area contributed by atoms with Gasteiger partial charge in [-0.3, -0.25) is 0 Å². The lowest BCUT2D eigenvalue weighted by Gasteiger charge is -1.99. The third kappa shape index (κ3) is 2.31. The molecule has 1 heterocycles. The van der Waals surface area contributed by atoms with Crippen LogP contribution in [0, 0.1) is 5.82 Å². The molecule has 0 spiro atoms. The number of aromatic amines is 1. The Hall–Kier alpha value is -1.81. The maximum atomic E-state index is 13.3.